The molecule has 0 radical (unpaired) electrons. The van der Waals surface area contributed by atoms with Crippen LogP contribution in [0.3, 0.4) is 0 Å². The zero-order chi connectivity index (χ0) is 14.1. The van der Waals surface area contributed by atoms with Gasteiger partial charge in [0, 0.05) is 12.6 Å². The Labute approximate surface area is 117 Å². The summed E-state index contributed by atoms with van der Waals surface area (Å²) in [5.41, 5.74) is 2.45. The first-order chi connectivity index (χ1) is 8.86. The second kappa shape index (κ2) is 5.26. The Morgan fingerprint density at radius 1 is 1.37 bits per heavy atom. The van der Waals surface area contributed by atoms with Crippen molar-refractivity contribution in [3.63, 3.8) is 0 Å². The van der Waals surface area contributed by atoms with Crippen LogP contribution in [-0.4, -0.2) is 17.3 Å². The van der Waals surface area contributed by atoms with Gasteiger partial charge in [-0.05, 0) is 36.3 Å². The molecule has 0 saturated carbocycles. The van der Waals surface area contributed by atoms with E-state index in [1.165, 1.54) is 11.1 Å². The molecule has 1 aliphatic rings. The third-order valence-electron chi connectivity index (χ3n) is 4.27. The fourth-order valence-corrected chi connectivity index (χ4v) is 3.33. The lowest BCUT2D eigenvalue weighted by molar-refractivity contribution is 0.0424. The molecule has 19 heavy (non-hydrogen) atoms. The minimum absolute atomic E-state index is 0.214. The van der Waals surface area contributed by atoms with Crippen molar-refractivity contribution in [2.45, 2.75) is 58.6 Å². The topological polar surface area (TPSA) is 32.3 Å². The largest absolute Gasteiger partial charge is 0.389 e. The SMILES string of the molecule is CCCC(C)(O)CNC1c2ccccc2CC1(C)C. The second-order valence-electron chi connectivity index (χ2n) is 6.93. The molecule has 0 amide bonds. The molecule has 1 aromatic rings. The van der Waals surface area contributed by atoms with Crippen molar-refractivity contribution in [3.05, 3.63) is 35.4 Å². The van der Waals surface area contributed by atoms with Crippen LogP contribution in [0.25, 0.3) is 0 Å². The second-order valence-corrected chi connectivity index (χ2v) is 6.93. The summed E-state index contributed by atoms with van der Waals surface area (Å²) in [6.45, 7) is 9.31. The highest BCUT2D eigenvalue weighted by Gasteiger charge is 2.39. The van der Waals surface area contributed by atoms with Crippen LogP contribution in [0.1, 0.15) is 57.7 Å². The fraction of sp³-hybridized carbons (Fsp3) is 0.647. The molecule has 0 aromatic heterocycles. The molecule has 2 unspecified atom stereocenters. The lowest BCUT2D eigenvalue weighted by atomic mass is 9.85. The van der Waals surface area contributed by atoms with Gasteiger partial charge < -0.3 is 10.4 Å². The average molecular weight is 261 g/mol. The Balaban J connectivity index is 2.11. The molecule has 0 aliphatic heterocycles. The molecule has 2 heteroatoms. The number of hydrogen-bond acceptors (Lipinski definition) is 2. The summed E-state index contributed by atoms with van der Waals surface area (Å²) >= 11 is 0. The van der Waals surface area contributed by atoms with Gasteiger partial charge >= 0.3 is 0 Å². The number of nitrogens with one attached hydrogen (secondary N) is 1. The van der Waals surface area contributed by atoms with Crippen LogP contribution in [0.2, 0.25) is 0 Å². The summed E-state index contributed by atoms with van der Waals surface area (Å²) in [6, 6.07) is 9.01. The van der Waals surface area contributed by atoms with E-state index in [1.807, 2.05) is 6.92 Å². The summed E-state index contributed by atoms with van der Waals surface area (Å²) in [5, 5.41) is 13.9. The van der Waals surface area contributed by atoms with Gasteiger partial charge in [-0.3, -0.25) is 0 Å². The van der Waals surface area contributed by atoms with Crippen molar-refractivity contribution in [2.75, 3.05) is 6.54 Å². The monoisotopic (exact) mass is 261 g/mol. The van der Waals surface area contributed by atoms with Crippen LogP contribution in [0.4, 0.5) is 0 Å². The van der Waals surface area contributed by atoms with Crippen molar-refractivity contribution in [1.29, 1.82) is 0 Å². The van der Waals surface area contributed by atoms with E-state index in [0.29, 0.717) is 12.6 Å². The van der Waals surface area contributed by atoms with Gasteiger partial charge in [0.05, 0.1) is 5.60 Å². The standard InChI is InChI=1S/C17H27NO/c1-5-10-17(4,19)12-18-15-14-9-7-6-8-13(14)11-16(15,2)3/h6-9,15,18-19H,5,10-12H2,1-4H3. The molecule has 2 atom stereocenters. The van der Waals surface area contributed by atoms with Crippen molar-refractivity contribution >= 4 is 0 Å². The molecule has 106 valence electrons. The zero-order valence-electron chi connectivity index (χ0n) is 12.7. The zero-order valence-corrected chi connectivity index (χ0v) is 12.7. The highest BCUT2D eigenvalue weighted by molar-refractivity contribution is 5.37. The van der Waals surface area contributed by atoms with Crippen LogP contribution in [-0.2, 0) is 6.42 Å². The van der Waals surface area contributed by atoms with E-state index in [1.54, 1.807) is 0 Å². The van der Waals surface area contributed by atoms with Crippen LogP contribution in [0.15, 0.2) is 24.3 Å². The van der Waals surface area contributed by atoms with Gasteiger partial charge in [-0.15, -0.1) is 0 Å². The van der Waals surface area contributed by atoms with E-state index >= 15 is 0 Å². The van der Waals surface area contributed by atoms with Crippen LogP contribution in [0, 0.1) is 5.41 Å². The van der Waals surface area contributed by atoms with Crippen molar-refractivity contribution in [1.82, 2.24) is 5.32 Å². The third kappa shape index (κ3) is 3.18. The Hall–Kier alpha value is -0.860. The van der Waals surface area contributed by atoms with Crippen LogP contribution >= 0.6 is 0 Å². The number of hydrogen-bond donors (Lipinski definition) is 2. The summed E-state index contributed by atoms with van der Waals surface area (Å²) in [7, 11) is 0. The van der Waals surface area contributed by atoms with Crippen LogP contribution < -0.4 is 5.32 Å². The average Bonchev–Trinajstić information content (AvgIpc) is 2.56. The molecule has 2 rings (SSSR count). The third-order valence-corrected chi connectivity index (χ3v) is 4.27. The van der Waals surface area contributed by atoms with Gasteiger partial charge in [0.1, 0.15) is 0 Å². The molecule has 0 heterocycles. The predicted octanol–water partition coefficient (Wildman–Crippen LogP) is 3.45. The van der Waals surface area contributed by atoms with Gasteiger partial charge in [0.15, 0.2) is 0 Å². The molecule has 0 spiro atoms. The number of benzene rings is 1. The van der Waals surface area contributed by atoms with E-state index in [-0.39, 0.29) is 5.41 Å². The molecular formula is C17H27NO. The molecule has 0 fully saturated rings. The number of fused-ring (bicyclic) bond motifs is 1. The molecule has 0 bridgehead atoms. The van der Waals surface area contributed by atoms with Crippen molar-refractivity contribution < 1.29 is 5.11 Å². The molecule has 1 aliphatic carbocycles. The fourth-order valence-electron chi connectivity index (χ4n) is 3.33. The van der Waals surface area contributed by atoms with Crippen molar-refractivity contribution in [2.24, 2.45) is 5.41 Å². The maximum atomic E-state index is 10.3. The Kier molecular flexibility index (Phi) is 4.03. The minimum Gasteiger partial charge on any atom is -0.389 e. The normalized spacial score (nSPS) is 23.9. The number of aliphatic hydroxyl groups is 1. The molecule has 2 N–H and O–H groups in total. The summed E-state index contributed by atoms with van der Waals surface area (Å²) in [5.74, 6) is 0. The van der Waals surface area contributed by atoms with E-state index < -0.39 is 5.60 Å². The summed E-state index contributed by atoms with van der Waals surface area (Å²) < 4.78 is 0. The molecular weight excluding hydrogens is 234 g/mol. The Morgan fingerprint density at radius 2 is 2.05 bits per heavy atom. The molecule has 2 nitrogen and oxygen atoms in total. The van der Waals surface area contributed by atoms with Gasteiger partial charge in [-0.2, -0.15) is 0 Å². The molecule has 0 saturated heterocycles. The van der Waals surface area contributed by atoms with E-state index in [2.05, 4.69) is 50.4 Å². The van der Waals surface area contributed by atoms with E-state index in [9.17, 15) is 5.11 Å². The first-order valence-electron chi connectivity index (χ1n) is 7.39. The maximum absolute atomic E-state index is 10.3. The minimum atomic E-state index is -0.609. The molecule has 1 aromatic carbocycles. The maximum Gasteiger partial charge on any atom is 0.0743 e. The van der Waals surface area contributed by atoms with Gasteiger partial charge in [-0.25, -0.2) is 0 Å². The predicted molar refractivity (Wildman–Crippen MR) is 80.2 cm³/mol. The lowest BCUT2D eigenvalue weighted by Gasteiger charge is -2.32. The van der Waals surface area contributed by atoms with Crippen LogP contribution in [0.5, 0.6) is 0 Å². The highest BCUT2D eigenvalue weighted by atomic mass is 16.3. The van der Waals surface area contributed by atoms with Gasteiger partial charge in [0.25, 0.3) is 0 Å². The highest BCUT2D eigenvalue weighted by Crippen LogP contribution is 2.45. The summed E-state index contributed by atoms with van der Waals surface area (Å²) in [6.07, 6.45) is 2.96. The first kappa shape index (κ1) is 14.5. The number of rotatable bonds is 5. The van der Waals surface area contributed by atoms with E-state index in [4.69, 9.17) is 0 Å². The Bertz CT molecular complexity index is 437. The first-order valence-corrected chi connectivity index (χ1v) is 7.39. The Morgan fingerprint density at radius 3 is 2.74 bits per heavy atom. The summed E-state index contributed by atoms with van der Waals surface area (Å²) in [4.78, 5) is 0. The quantitative estimate of drug-likeness (QED) is 0.851. The van der Waals surface area contributed by atoms with Gasteiger partial charge in [-0.1, -0.05) is 51.5 Å². The van der Waals surface area contributed by atoms with Gasteiger partial charge in [0.2, 0.25) is 0 Å². The lowest BCUT2D eigenvalue weighted by Crippen LogP contribution is -2.42. The van der Waals surface area contributed by atoms with E-state index in [0.717, 1.165) is 19.3 Å². The van der Waals surface area contributed by atoms with Crippen molar-refractivity contribution in [3.8, 4) is 0 Å². The smallest absolute Gasteiger partial charge is 0.0743 e.